The molecule has 0 aliphatic heterocycles. The maximum Gasteiger partial charge on any atom is 0.151 e. The monoisotopic (exact) mass is 302 g/mol. The number of halogens is 1. The molecule has 0 aliphatic carbocycles. The van der Waals surface area contributed by atoms with Gasteiger partial charge in [0.15, 0.2) is 5.84 Å². The number of phenols is 1. The average molecular weight is 303 g/mol. The van der Waals surface area contributed by atoms with Crippen molar-refractivity contribution in [3.63, 3.8) is 0 Å². The average Bonchev–Trinajstić information content (AvgIpc) is 2.38. The lowest BCUT2D eigenvalue weighted by Crippen LogP contribution is -1.95. The fourth-order valence-electron chi connectivity index (χ4n) is 1.38. The van der Waals surface area contributed by atoms with E-state index in [0.29, 0.717) is 5.56 Å². The summed E-state index contributed by atoms with van der Waals surface area (Å²) in [7, 11) is 0. The van der Waals surface area contributed by atoms with Crippen molar-refractivity contribution in [2.24, 2.45) is 4.99 Å². The van der Waals surface area contributed by atoms with Crippen molar-refractivity contribution in [2.45, 2.75) is 0 Å². The van der Waals surface area contributed by atoms with Crippen molar-refractivity contribution in [3.05, 3.63) is 64.1 Å². The lowest BCUT2D eigenvalue weighted by atomic mass is 10.2. The molecule has 0 saturated heterocycles. The number of rotatable bonds is 2. The number of aliphatic imine (C=N–C) groups is 1. The standard InChI is InChI=1S/C14H11BrN2O/c15-12-5-1-10(2-6-12)9-17-14(16)11-3-7-13(18)8-4-11/h1-9,16,18H. The lowest BCUT2D eigenvalue weighted by Gasteiger charge is -1.98. The summed E-state index contributed by atoms with van der Waals surface area (Å²) in [6.45, 7) is 0. The van der Waals surface area contributed by atoms with Gasteiger partial charge in [0.1, 0.15) is 5.75 Å². The quantitative estimate of drug-likeness (QED) is 0.646. The second kappa shape index (κ2) is 5.60. The first-order chi connectivity index (χ1) is 8.65. The van der Waals surface area contributed by atoms with E-state index in [1.807, 2.05) is 24.3 Å². The highest BCUT2D eigenvalue weighted by Gasteiger charge is 1.98. The number of hydrogen-bond acceptors (Lipinski definition) is 2. The lowest BCUT2D eigenvalue weighted by molar-refractivity contribution is 0.475. The molecule has 0 aromatic heterocycles. The van der Waals surface area contributed by atoms with Crippen LogP contribution in [0.4, 0.5) is 0 Å². The van der Waals surface area contributed by atoms with E-state index in [1.54, 1.807) is 30.5 Å². The minimum atomic E-state index is 0.165. The summed E-state index contributed by atoms with van der Waals surface area (Å²) < 4.78 is 1.01. The van der Waals surface area contributed by atoms with E-state index < -0.39 is 0 Å². The first kappa shape index (κ1) is 12.5. The third-order valence-corrected chi connectivity index (χ3v) is 2.88. The Bertz CT molecular complexity index is 574. The summed E-state index contributed by atoms with van der Waals surface area (Å²) in [5, 5.41) is 17.0. The van der Waals surface area contributed by atoms with Crippen LogP contribution in [-0.4, -0.2) is 17.2 Å². The van der Waals surface area contributed by atoms with E-state index in [2.05, 4.69) is 20.9 Å². The second-order valence-electron chi connectivity index (χ2n) is 3.71. The van der Waals surface area contributed by atoms with Crippen LogP contribution >= 0.6 is 15.9 Å². The Labute approximate surface area is 113 Å². The van der Waals surface area contributed by atoms with Crippen molar-refractivity contribution < 1.29 is 5.11 Å². The van der Waals surface area contributed by atoms with E-state index in [1.165, 1.54) is 0 Å². The number of aromatic hydroxyl groups is 1. The Hall–Kier alpha value is -1.94. The molecule has 0 heterocycles. The maximum atomic E-state index is 9.16. The zero-order valence-corrected chi connectivity index (χ0v) is 11.1. The molecule has 0 aliphatic rings. The summed E-state index contributed by atoms with van der Waals surface area (Å²) in [4.78, 5) is 4.09. The Morgan fingerprint density at radius 1 is 1.06 bits per heavy atom. The zero-order chi connectivity index (χ0) is 13.0. The van der Waals surface area contributed by atoms with Crippen LogP contribution in [0.3, 0.4) is 0 Å². The van der Waals surface area contributed by atoms with Crippen LogP contribution in [-0.2, 0) is 0 Å². The molecule has 90 valence electrons. The third-order valence-electron chi connectivity index (χ3n) is 2.35. The molecule has 2 aromatic rings. The SMILES string of the molecule is N=C(N=Cc1ccc(Br)cc1)c1ccc(O)cc1. The highest BCUT2D eigenvalue weighted by Crippen LogP contribution is 2.11. The fraction of sp³-hybridized carbons (Fsp3) is 0. The molecule has 0 fully saturated rings. The van der Waals surface area contributed by atoms with Gasteiger partial charge in [0, 0.05) is 16.3 Å². The van der Waals surface area contributed by atoms with E-state index in [4.69, 9.17) is 10.5 Å². The van der Waals surface area contributed by atoms with Crippen molar-refractivity contribution >= 4 is 28.0 Å². The third kappa shape index (κ3) is 3.28. The van der Waals surface area contributed by atoms with Crippen molar-refractivity contribution in [1.82, 2.24) is 0 Å². The molecule has 2 rings (SSSR count). The number of phenolic OH excluding ortho intramolecular Hbond substituents is 1. The van der Waals surface area contributed by atoms with E-state index in [-0.39, 0.29) is 11.6 Å². The fourth-order valence-corrected chi connectivity index (χ4v) is 1.65. The van der Waals surface area contributed by atoms with E-state index in [0.717, 1.165) is 10.0 Å². The summed E-state index contributed by atoms with van der Waals surface area (Å²) in [6.07, 6.45) is 1.64. The van der Waals surface area contributed by atoms with Gasteiger partial charge in [0.05, 0.1) is 0 Å². The van der Waals surface area contributed by atoms with Crippen molar-refractivity contribution in [2.75, 3.05) is 0 Å². The van der Waals surface area contributed by atoms with Gasteiger partial charge in [-0.15, -0.1) is 0 Å². The van der Waals surface area contributed by atoms with Gasteiger partial charge in [0.25, 0.3) is 0 Å². The topological polar surface area (TPSA) is 56.4 Å². The van der Waals surface area contributed by atoms with Gasteiger partial charge in [-0.05, 0) is 42.0 Å². The predicted molar refractivity (Wildman–Crippen MR) is 76.7 cm³/mol. The van der Waals surface area contributed by atoms with Gasteiger partial charge < -0.3 is 5.11 Å². The van der Waals surface area contributed by atoms with Crippen LogP contribution in [0, 0.1) is 5.41 Å². The molecule has 0 amide bonds. The summed E-state index contributed by atoms with van der Waals surface area (Å²) in [5.74, 6) is 0.348. The predicted octanol–water partition coefficient (Wildman–Crippen LogP) is 3.60. The Kier molecular flexibility index (Phi) is 3.89. The molecule has 0 bridgehead atoms. The van der Waals surface area contributed by atoms with Crippen LogP contribution in [0.25, 0.3) is 0 Å². The Morgan fingerprint density at radius 2 is 1.67 bits per heavy atom. The van der Waals surface area contributed by atoms with Gasteiger partial charge in [-0.3, -0.25) is 5.41 Å². The van der Waals surface area contributed by atoms with Gasteiger partial charge in [-0.2, -0.15) is 0 Å². The van der Waals surface area contributed by atoms with Gasteiger partial charge in [0.2, 0.25) is 0 Å². The number of nitrogens with zero attached hydrogens (tertiary/aromatic N) is 1. The van der Waals surface area contributed by atoms with Crippen LogP contribution in [0.1, 0.15) is 11.1 Å². The molecule has 0 unspecified atom stereocenters. The number of nitrogens with one attached hydrogen (secondary N) is 1. The van der Waals surface area contributed by atoms with Crippen LogP contribution in [0.2, 0.25) is 0 Å². The molecule has 0 atom stereocenters. The molecule has 0 spiro atoms. The number of benzene rings is 2. The molecule has 18 heavy (non-hydrogen) atoms. The van der Waals surface area contributed by atoms with Gasteiger partial charge >= 0.3 is 0 Å². The van der Waals surface area contributed by atoms with Crippen LogP contribution in [0.5, 0.6) is 5.75 Å². The normalized spacial score (nSPS) is 10.7. The number of amidine groups is 1. The molecular weight excluding hydrogens is 292 g/mol. The van der Waals surface area contributed by atoms with E-state index in [9.17, 15) is 0 Å². The van der Waals surface area contributed by atoms with Gasteiger partial charge in [-0.1, -0.05) is 28.1 Å². The Balaban J connectivity index is 2.11. The minimum Gasteiger partial charge on any atom is -0.508 e. The van der Waals surface area contributed by atoms with E-state index >= 15 is 0 Å². The molecule has 0 saturated carbocycles. The van der Waals surface area contributed by atoms with Gasteiger partial charge in [-0.25, -0.2) is 4.99 Å². The van der Waals surface area contributed by atoms with Crippen LogP contribution in [0.15, 0.2) is 58.0 Å². The molecule has 0 radical (unpaired) electrons. The maximum absolute atomic E-state index is 9.16. The zero-order valence-electron chi connectivity index (χ0n) is 9.47. The Morgan fingerprint density at radius 3 is 2.28 bits per heavy atom. The van der Waals surface area contributed by atoms with Crippen molar-refractivity contribution in [1.29, 1.82) is 5.41 Å². The smallest absolute Gasteiger partial charge is 0.151 e. The summed E-state index contributed by atoms with van der Waals surface area (Å²) in [6, 6.07) is 14.1. The highest BCUT2D eigenvalue weighted by atomic mass is 79.9. The second-order valence-corrected chi connectivity index (χ2v) is 4.62. The summed E-state index contributed by atoms with van der Waals surface area (Å²) in [5.41, 5.74) is 1.60. The van der Waals surface area contributed by atoms with Crippen molar-refractivity contribution in [3.8, 4) is 5.75 Å². The minimum absolute atomic E-state index is 0.165. The number of hydrogen-bond donors (Lipinski definition) is 2. The molecule has 3 nitrogen and oxygen atoms in total. The van der Waals surface area contributed by atoms with Crippen LogP contribution < -0.4 is 0 Å². The highest BCUT2D eigenvalue weighted by molar-refractivity contribution is 9.10. The molecular formula is C14H11BrN2O. The first-order valence-corrected chi connectivity index (χ1v) is 6.12. The first-order valence-electron chi connectivity index (χ1n) is 5.33. The molecule has 4 heteroatoms. The molecule has 2 aromatic carbocycles. The summed E-state index contributed by atoms with van der Waals surface area (Å²) >= 11 is 3.36. The molecule has 2 N–H and O–H groups in total. The largest absolute Gasteiger partial charge is 0.508 e.